The van der Waals surface area contributed by atoms with Crippen molar-refractivity contribution < 1.29 is 14.6 Å². The van der Waals surface area contributed by atoms with Crippen LogP contribution in [0, 0.1) is 0 Å². The minimum absolute atomic E-state index is 0.00931. The normalized spacial score (nSPS) is 13.0. The molecule has 1 atom stereocenters. The van der Waals surface area contributed by atoms with Gasteiger partial charge in [0.2, 0.25) is 0 Å². The van der Waals surface area contributed by atoms with Crippen LogP contribution in [0.3, 0.4) is 0 Å². The molecule has 0 radical (unpaired) electrons. The number of ether oxygens (including phenoxy) is 2. The second-order valence-electron chi connectivity index (χ2n) is 1.90. The van der Waals surface area contributed by atoms with Gasteiger partial charge in [-0.1, -0.05) is 6.08 Å². The molecule has 0 rings (SSSR count). The summed E-state index contributed by atoms with van der Waals surface area (Å²) in [6.07, 6.45) is 2.19. The maximum atomic E-state index is 8.66. The van der Waals surface area contributed by atoms with Crippen molar-refractivity contribution in [1.29, 1.82) is 0 Å². The second kappa shape index (κ2) is 6.74. The molecule has 0 aliphatic rings. The zero-order chi connectivity index (χ0) is 7.82. The highest BCUT2D eigenvalue weighted by Crippen LogP contribution is 1.97. The summed E-state index contributed by atoms with van der Waals surface area (Å²) in [7, 11) is 1.54. The zero-order valence-corrected chi connectivity index (χ0v) is 6.25. The quantitative estimate of drug-likeness (QED) is 0.439. The summed E-state index contributed by atoms with van der Waals surface area (Å²) in [5.74, 6) is 0. The Morgan fingerprint density at radius 3 is 2.80 bits per heavy atom. The number of methoxy groups -OCH3 is 1. The maximum Gasteiger partial charge on any atom is 0.146 e. The van der Waals surface area contributed by atoms with Crippen molar-refractivity contribution in [2.75, 3.05) is 20.5 Å². The van der Waals surface area contributed by atoms with Crippen molar-refractivity contribution in [2.45, 2.75) is 12.5 Å². The first-order valence-electron chi connectivity index (χ1n) is 3.17. The van der Waals surface area contributed by atoms with Gasteiger partial charge in [0.05, 0.1) is 12.7 Å². The molecule has 1 unspecified atom stereocenters. The smallest absolute Gasteiger partial charge is 0.146 e. The summed E-state index contributed by atoms with van der Waals surface area (Å²) in [4.78, 5) is 0. The molecule has 0 amide bonds. The molecule has 0 aromatic rings. The molecular formula is C7H14O3. The van der Waals surface area contributed by atoms with Gasteiger partial charge < -0.3 is 14.6 Å². The molecule has 0 aliphatic heterocycles. The summed E-state index contributed by atoms with van der Waals surface area (Å²) in [5.41, 5.74) is 0. The van der Waals surface area contributed by atoms with Crippen LogP contribution >= 0.6 is 0 Å². The lowest BCUT2D eigenvalue weighted by Crippen LogP contribution is -2.17. The maximum absolute atomic E-state index is 8.66. The first-order chi connectivity index (χ1) is 4.85. The van der Waals surface area contributed by atoms with Gasteiger partial charge in [-0.15, -0.1) is 6.58 Å². The van der Waals surface area contributed by atoms with E-state index in [1.54, 1.807) is 13.2 Å². The van der Waals surface area contributed by atoms with Crippen LogP contribution < -0.4 is 0 Å². The minimum atomic E-state index is -0.169. The third-order valence-electron chi connectivity index (χ3n) is 1.05. The third kappa shape index (κ3) is 4.49. The van der Waals surface area contributed by atoms with E-state index in [1.807, 2.05) is 0 Å². The molecule has 0 bridgehead atoms. The van der Waals surface area contributed by atoms with E-state index < -0.39 is 0 Å². The molecule has 0 saturated carbocycles. The lowest BCUT2D eigenvalue weighted by atomic mass is 10.3. The molecular weight excluding hydrogens is 132 g/mol. The molecule has 3 heteroatoms. The van der Waals surface area contributed by atoms with Crippen LogP contribution in [0.4, 0.5) is 0 Å². The summed E-state index contributed by atoms with van der Waals surface area (Å²) < 4.78 is 9.69. The van der Waals surface area contributed by atoms with E-state index in [0.717, 1.165) is 0 Å². The lowest BCUT2D eigenvalue weighted by Gasteiger charge is -2.11. The molecule has 1 N–H and O–H groups in total. The fraction of sp³-hybridized carbons (Fsp3) is 0.714. The van der Waals surface area contributed by atoms with Gasteiger partial charge in [0.15, 0.2) is 0 Å². The minimum Gasteiger partial charge on any atom is -0.394 e. The van der Waals surface area contributed by atoms with Crippen LogP contribution in [0.25, 0.3) is 0 Å². The zero-order valence-electron chi connectivity index (χ0n) is 6.25. The van der Waals surface area contributed by atoms with Crippen molar-refractivity contribution in [3.63, 3.8) is 0 Å². The Hall–Kier alpha value is -0.380. The highest BCUT2D eigenvalue weighted by molar-refractivity contribution is 4.72. The van der Waals surface area contributed by atoms with Crippen LogP contribution in [0.1, 0.15) is 6.42 Å². The van der Waals surface area contributed by atoms with Crippen LogP contribution in [-0.4, -0.2) is 31.7 Å². The van der Waals surface area contributed by atoms with E-state index in [-0.39, 0.29) is 19.5 Å². The average Bonchev–Trinajstić information content (AvgIpc) is 1.98. The van der Waals surface area contributed by atoms with Crippen molar-refractivity contribution in [1.82, 2.24) is 0 Å². The number of aliphatic hydroxyl groups excluding tert-OH is 1. The van der Waals surface area contributed by atoms with E-state index in [0.29, 0.717) is 6.42 Å². The molecule has 0 saturated heterocycles. The summed E-state index contributed by atoms with van der Waals surface area (Å²) in [5, 5.41) is 8.66. The van der Waals surface area contributed by atoms with Gasteiger partial charge in [-0.25, -0.2) is 0 Å². The second-order valence-corrected chi connectivity index (χ2v) is 1.90. The van der Waals surface area contributed by atoms with Crippen molar-refractivity contribution in [3.8, 4) is 0 Å². The van der Waals surface area contributed by atoms with Gasteiger partial charge in [0, 0.05) is 7.11 Å². The molecule has 3 nitrogen and oxygen atoms in total. The van der Waals surface area contributed by atoms with Gasteiger partial charge in [-0.05, 0) is 6.42 Å². The topological polar surface area (TPSA) is 38.7 Å². The largest absolute Gasteiger partial charge is 0.394 e. The predicted molar refractivity (Wildman–Crippen MR) is 38.6 cm³/mol. The molecule has 10 heavy (non-hydrogen) atoms. The Bertz CT molecular complexity index is 82.9. The van der Waals surface area contributed by atoms with E-state index in [9.17, 15) is 0 Å². The van der Waals surface area contributed by atoms with E-state index >= 15 is 0 Å². The number of rotatable bonds is 6. The van der Waals surface area contributed by atoms with Gasteiger partial charge in [0.1, 0.15) is 6.79 Å². The van der Waals surface area contributed by atoms with Crippen LogP contribution in [0.5, 0.6) is 0 Å². The van der Waals surface area contributed by atoms with Gasteiger partial charge >= 0.3 is 0 Å². The van der Waals surface area contributed by atoms with Gasteiger partial charge in [0.25, 0.3) is 0 Å². The van der Waals surface area contributed by atoms with E-state index in [2.05, 4.69) is 11.3 Å². The Morgan fingerprint density at radius 2 is 2.40 bits per heavy atom. The first-order valence-corrected chi connectivity index (χ1v) is 3.17. The summed E-state index contributed by atoms with van der Waals surface area (Å²) in [6, 6.07) is 0. The number of aliphatic hydroxyl groups is 1. The van der Waals surface area contributed by atoms with Crippen LogP contribution in [0.15, 0.2) is 12.7 Å². The van der Waals surface area contributed by atoms with Crippen LogP contribution in [0.2, 0.25) is 0 Å². The number of hydrogen-bond acceptors (Lipinski definition) is 3. The molecule has 0 heterocycles. The molecule has 0 fully saturated rings. The fourth-order valence-corrected chi connectivity index (χ4v) is 0.545. The Balaban J connectivity index is 3.29. The van der Waals surface area contributed by atoms with Gasteiger partial charge in [-0.3, -0.25) is 0 Å². The van der Waals surface area contributed by atoms with Crippen molar-refractivity contribution >= 4 is 0 Å². The Labute approximate surface area is 61.3 Å². The molecule has 60 valence electrons. The first kappa shape index (κ1) is 9.62. The van der Waals surface area contributed by atoms with E-state index in [1.165, 1.54) is 0 Å². The highest BCUT2D eigenvalue weighted by atomic mass is 16.7. The number of hydrogen-bond donors (Lipinski definition) is 1. The molecule has 0 spiro atoms. The highest BCUT2D eigenvalue weighted by Gasteiger charge is 2.03. The molecule has 0 aromatic heterocycles. The van der Waals surface area contributed by atoms with Crippen molar-refractivity contribution in [2.24, 2.45) is 0 Å². The fourth-order valence-electron chi connectivity index (χ4n) is 0.545. The van der Waals surface area contributed by atoms with E-state index in [4.69, 9.17) is 9.84 Å². The Morgan fingerprint density at radius 1 is 1.70 bits per heavy atom. The van der Waals surface area contributed by atoms with Crippen LogP contribution in [-0.2, 0) is 9.47 Å². The molecule has 0 aromatic carbocycles. The van der Waals surface area contributed by atoms with Crippen molar-refractivity contribution in [3.05, 3.63) is 12.7 Å². The third-order valence-corrected chi connectivity index (χ3v) is 1.05. The monoisotopic (exact) mass is 146 g/mol. The average molecular weight is 146 g/mol. The van der Waals surface area contributed by atoms with Gasteiger partial charge in [-0.2, -0.15) is 0 Å². The summed E-state index contributed by atoms with van der Waals surface area (Å²) >= 11 is 0. The standard InChI is InChI=1S/C7H14O3/c1-3-4-7(5-8)10-6-9-2/h3,7-8H,1,4-6H2,2H3. The Kier molecular flexibility index (Phi) is 6.48. The predicted octanol–water partition coefficient (Wildman–Crippen LogP) is 0.544. The SMILES string of the molecule is C=CCC(CO)OCOC. The lowest BCUT2D eigenvalue weighted by molar-refractivity contribution is -0.0853. The summed E-state index contributed by atoms with van der Waals surface area (Å²) in [6.45, 7) is 3.76. The molecule has 0 aliphatic carbocycles.